The van der Waals surface area contributed by atoms with Gasteiger partial charge in [0.1, 0.15) is 5.75 Å². The van der Waals surface area contributed by atoms with Crippen molar-refractivity contribution in [3.05, 3.63) is 41.7 Å². The maximum atomic E-state index is 12.7. The van der Waals surface area contributed by atoms with E-state index in [4.69, 9.17) is 4.74 Å². The molecular weight excluding hydrogens is 287 g/mol. The number of halogens is 3. The van der Waals surface area contributed by atoms with Crippen LogP contribution in [0.15, 0.2) is 30.5 Å². The molecule has 0 aliphatic carbocycles. The fourth-order valence-corrected chi connectivity index (χ4v) is 1.73. The number of benzene rings is 1. The molecule has 0 bridgehead atoms. The monoisotopic (exact) mass is 299 g/mol. The summed E-state index contributed by atoms with van der Waals surface area (Å²) < 4.78 is 43.0. The van der Waals surface area contributed by atoms with E-state index in [1.807, 2.05) is 0 Å². The first-order valence-corrected chi connectivity index (χ1v) is 5.93. The number of aromatic nitrogens is 2. The molecule has 21 heavy (non-hydrogen) atoms. The molecule has 5 nitrogen and oxygen atoms in total. The molecule has 2 rings (SSSR count). The first kappa shape index (κ1) is 14.9. The van der Waals surface area contributed by atoms with Crippen molar-refractivity contribution >= 4 is 11.6 Å². The molecule has 1 aromatic heterocycles. The van der Waals surface area contributed by atoms with Crippen LogP contribution >= 0.6 is 0 Å². The largest absolute Gasteiger partial charge is 0.495 e. The summed E-state index contributed by atoms with van der Waals surface area (Å²) in [6, 6.07) is 4.49. The fourth-order valence-electron chi connectivity index (χ4n) is 1.73. The number of hydrogen-bond acceptors (Lipinski definition) is 3. The van der Waals surface area contributed by atoms with E-state index in [1.54, 1.807) is 6.07 Å². The number of nitrogens with one attached hydrogen (secondary N) is 2. The Labute approximate surface area is 118 Å². The van der Waals surface area contributed by atoms with Gasteiger partial charge in [-0.2, -0.15) is 18.3 Å². The lowest BCUT2D eigenvalue weighted by molar-refractivity contribution is -0.137. The van der Waals surface area contributed by atoms with Gasteiger partial charge in [0.15, 0.2) is 0 Å². The van der Waals surface area contributed by atoms with Crippen molar-refractivity contribution in [3.8, 4) is 5.75 Å². The van der Waals surface area contributed by atoms with Crippen molar-refractivity contribution in [1.29, 1.82) is 0 Å². The topological polar surface area (TPSA) is 67.0 Å². The Balaban J connectivity index is 2.19. The number of anilines is 1. The summed E-state index contributed by atoms with van der Waals surface area (Å²) in [5.74, 6) is -0.321. The molecule has 0 fully saturated rings. The molecule has 0 aliphatic heterocycles. The fraction of sp³-hybridized carbons (Fsp3) is 0.231. The Morgan fingerprint density at radius 3 is 2.71 bits per heavy atom. The van der Waals surface area contributed by atoms with Crippen molar-refractivity contribution in [3.63, 3.8) is 0 Å². The van der Waals surface area contributed by atoms with Crippen LogP contribution in [0.1, 0.15) is 11.3 Å². The molecule has 8 heteroatoms. The highest BCUT2D eigenvalue weighted by Crippen LogP contribution is 2.34. The van der Waals surface area contributed by atoms with E-state index in [9.17, 15) is 18.0 Å². The highest BCUT2D eigenvalue weighted by molar-refractivity contribution is 5.93. The lowest BCUT2D eigenvalue weighted by Crippen LogP contribution is -2.16. The van der Waals surface area contributed by atoms with Crippen molar-refractivity contribution in [2.75, 3.05) is 12.4 Å². The Hall–Kier alpha value is -2.51. The zero-order valence-corrected chi connectivity index (χ0v) is 11.0. The molecule has 2 N–H and O–H groups in total. The highest BCUT2D eigenvalue weighted by atomic mass is 19.4. The second-order valence-electron chi connectivity index (χ2n) is 4.22. The van der Waals surface area contributed by atoms with Crippen LogP contribution in [0.3, 0.4) is 0 Å². The Kier molecular flexibility index (Phi) is 4.15. The maximum Gasteiger partial charge on any atom is 0.416 e. The summed E-state index contributed by atoms with van der Waals surface area (Å²) in [5.41, 5.74) is -0.338. The minimum absolute atomic E-state index is 0.0284. The highest BCUT2D eigenvalue weighted by Gasteiger charge is 2.31. The summed E-state index contributed by atoms with van der Waals surface area (Å²) >= 11 is 0. The molecule has 1 amide bonds. The Morgan fingerprint density at radius 1 is 1.38 bits per heavy atom. The van der Waals surface area contributed by atoms with Gasteiger partial charge in [0.05, 0.1) is 24.8 Å². The van der Waals surface area contributed by atoms with E-state index in [0.717, 1.165) is 18.2 Å². The molecule has 0 atom stereocenters. The van der Waals surface area contributed by atoms with Gasteiger partial charge in [-0.1, -0.05) is 0 Å². The molecule has 2 aromatic rings. The van der Waals surface area contributed by atoms with E-state index in [-0.39, 0.29) is 17.9 Å². The number of rotatable bonds is 4. The smallest absolute Gasteiger partial charge is 0.416 e. The quantitative estimate of drug-likeness (QED) is 0.912. The third kappa shape index (κ3) is 3.74. The molecular formula is C13H12F3N3O2. The van der Waals surface area contributed by atoms with Crippen LogP contribution in [-0.2, 0) is 17.4 Å². The Morgan fingerprint density at radius 2 is 2.14 bits per heavy atom. The van der Waals surface area contributed by atoms with E-state index < -0.39 is 17.6 Å². The molecule has 0 aliphatic rings. The molecule has 1 aromatic carbocycles. The summed E-state index contributed by atoms with van der Waals surface area (Å²) in [6.45, 7) is 0. The predicted octanol–water partition coefficient (Wildman–Crippen LogP) is 2.62. The number of H-pyrrole nitrogens is 1. The molecule has 1 heterocycles. The van der Waals surface area contributed by atoms with Crippen LogP contribution in [-0.4, -0.2) is 23.2 Å². The zero-order valence-electron chi connectivity index (χ0n) is 11.0. The number of amides is 1. The van der Waals surface area contributed by atoms with Crippen LogP contribution in [0, 0.1) is 0 Å². The molecule has 0 spiro atoms. The third-order valence-corrected chi connectivity index (χ3v) is 2.71. The summed E-state index contributed by atoms with van der Waals surface area (Å²) in [7, 11) is 1.31. The number of carbonyl (C=O) groups excluding carboxylic acids is 1. The van der Waals surface area contributed by atoms with Gasteiger partial charge in [0.25, 0.3) is 0 Å². The third-order valence-electron chi connectivity index (χ3n) is 2.71. The SMILES string of the molecule is COc1ccc(C(F)(F)F)cc1NC(=O)Cc1ccn[nH]1. The molecule has 0 unspecified atom stereocenters. The first-order valence-electron chi connectivity index (χ1n) is 5.93. The van der Waals surface area contributed by atoms with Crippen molar-refractivity contribution in [2.45, 2.75) is 12.6 Å². The van der Waals surface area contributed by atoms with Crippen molar-refractivity contribution < 1.29 is 22.7 Å². The zero-order chi connectivity index (χ0) is 15.5. The summed E-state index contributed by atoms with van der Waals surface area (Å²) in [4.78, 5) is 11.8. The van der Waals surface area contributed by atoms with Gasteiger partial charge in [0, 0.05) is 11.9 Å². The molecule has 112 valence electrons. The number of ether oxygens (including phenoxy) is 1. The maximum absolute atomic E-state index is 12.7. The lowest BCUT2D eigenvalue weighted by Gasteiger charge is -2.13. The predicted molar refractivity (Wildman–Crippen MR) is 68.9 cm³/mol. The first-order chi connectivity index (χ1) is 9.90. The van der Waals surface area contributed by atoms with Crippen LogP contribution in [0.5, 0.6) is 5.75 Å². The average Bonchev–Trinajstić information content (AvgIpc) is 2.90. The second-order valence-corrected chi connectivity index (χ2v) is 4.22. The van der Waals surface area contributed by atoms with E-state index in [2.05, 4.69) is 15.5 Å². The molecule has 0 saturated carbocycles. The standard InChI is InChI=1S/C13H12F3N3O2/c1-21-11-3-2-8(13(14,15)16)6-10(11)18-12(20)7-9-4-5-17-19-9/h2-6H,7H2,1H3,(H,17,19)(H,18,20). The molecule has 0 radical (unpaired) electrons. The minimum atomic E-state index is -4.49. The normalized spacial score (nSPS) is 11.2. The number of carbonyl (C=O) groups is 1. The van der Waals surface area contributed by atoms with Crippen LogP contribution in [0.25, 0.3) is 0 Å². The van der Waals surface area contributed by atoms with Crippen molar-refractivity contribution in [1.82, 2.24) is 10.2 Å². The number of aromatic amines is 1. The molecule has 0 saturated heterocycles. The van der Waals surface area contributed by atoms with Crippen LogP contribution in [0.4, 0.5) is 18.9 Å². The number of methoxy groups -OCH3 is 1. The number of hydrogen-bond donors (Lipinski definition) is 2. The lowest BCUT2D eigenvalue weighted by atomic mass is 10.1. The number of alkyl halides is 3. The second kappa shape index (κ2) is 5.86. The average molecular weight is 299 g/mol. The summed E-state index contributed by atoms with van der Waals surface area (Å²) in [5, 5.41) is 8.68. The van der Waals surface area contributed by atoms with Gasteiger partial charge in [-0.3, -0.25) is 9.89 Å². The number of nitrogens with zero attached hydrogens (tertiary/aromatic N) is 1. The van der Waals surface area contributed by atoms with Gasteiger partial charge in [0.2, 0.25) is 5.91 Å². The van der Waals surface area contributed by atoms with E-state index in [0.29, 0.717) is 5.69 Å². The van der Waals surface area contributed by atoms with Crippen LogP contribution < -0.4 is 10.1 Å². The van der Waals surface area contributed by atoms with Gasteiger partial charge >= 0.3 is 6.18 Å². The van der Waals surface area contributed by atoms with Crippen molar-refractivity contribution in [2.24, 2.45) is 0 Å². The minimum Gasteiger partial charge on any atom is -0.495 e. The van der Waals surface area contributed by atoms with E-state index in [1.165, 1.54) is 13.3 Å². The Bertz CT molecular complexity index is 624. The van der Waals surface area contributed by atoms with Crippen LogP contribution in [0.2, 0.25) is 0 Å². The van der Waals surface area contributed by atoms with Gasteiger partial charge in [-0.15, -0.1) is 0 Å². The van der Waals surface area contributed by atoms with Gasteiger partial charge in [-0.05, 0) is 24.3 Å². The van der Waals surface area contributed by atoms with Gasteiger partial charge < -0.3 is 10.1 Å². The summed E-state index contributed by atoms with van der Waals surface area (Å²) in [6.07, 6.45) is -3.04. The van der Waals surface area contributed by atoms with E-state index >= 15 is 0 Å². The van der Waals surface area contributed by atoms with Gasteiger partial charge in [-0.25, -0.2) is 0 Å².